The number of rotatable bonds is 1. The smallest absolute Gasteiger partial charge is 0.124 e. The van der Waals surface area contributed by atoms with Crippen molar-refractivity contribution in [2.45, 2.75) is 50.5 Å². The van der Waals surface area contributed by atoms with E-state index in [-0.39, 0.29) is 5.92 Å². The molecule has 0 saturated heterocycles. The summed E-state index contributed by atoms with van der Waals surface area (Å²) >= 11 is 0. The molecule has 2 aliphatic rings. The van der Waals surface area contributed by atoms with Crippen LogP contribution in [0, 0.1) is 23.2 Å². The zero-order chi connectivity index (χ0) is 15.1. The summed E-state index contributed by atoms with van der Waals surface area (Å²) in [4.78, 5) is 0. The maximum atomic E-state index is 11.6. The van der Waals surface area contributed by atoms with E-state index >= 15 is 0 Å². The van der Waals surface area contributed by atoms with Gasteiger partial charge in [-0.3, -0.25) is 0 Å². The van der Waals surface area contributed by atoms with Gasteiger partial charge in [-0.2, -0.15) is 5.26 Å². The van der Waals surface area contributed by atoms with Crippen LogP contribution in [0.1, 0.15) is 45.1 Å². The van der Waals surface area contributed by atoms with Crippen molar-refractivity contribution in [3.05, 3.63) is 29.8 Å². The molecular formula is C18H23NO2. The SMILES string of the molecule is CC1CCC(C)C(O)(C2(C#N)CCOc3ccccc32)C1. The predicted octanol–water partition coefficient (Wildman–Crippen LogP) is 3.42. The molecule has 0 bridgehead atoms. The number of aliphatic hydroxyl groups is 1. The maximum Gasteiger partial charge on any atom is 0.124 e. The van der Waals surface area contributed by atoms with E-state index < -0.39 is 11.0 Å². The molecule has 3 heteroatoms. The van der Waals surface area contributed by atoms with Crippen LogP contribution in [-0.4, -0.2) is 17.3 Å². The van der Waals surface area contributed by atoms with Gasteiger partial charge in [0.1, 0.15) is 11.2 Å². The summed E-state index contributed by atoms with van der Waals surface area (Å²) < 4.78 is 5.72. The molecule has 1 N–H and O–H groups in total. The first-order valence-corrected chi connectivity index (χ1v) is 7.89. The summed E-state index contributed by atoms with van der Waals surface area (Å²) in [7, 11) is 0. The molecular weight excluding hydrogens is 262 g/mol. The van der Waals surface area contributed by atoms with Gasteiger partial charge in [-0.15, -0.1) is 0 Å². The largest absolute Gasteiger partial charge is 0.493 e. The second-order valence-electron chi connectivity index (χ2n) is 6.82. The highest BCUT2D eigenvalue weighted by atomic mass is 16.5. The molecule has 4 unspecified atom stereocenters. The van der Waals surface area contributed by atoms with Gasteiger partial charge in [-0.25, -0.2) is 0 Å². The maximum absolute atomic E-state index is 11.6. The van der Waals surface area contributed by atoms with E-state index in [4.69, 9.17) is 4.74 Å². The fourth-order valence-corrected chi connectivity index (χ4v) is 4.26. The van der Waals surface area contributed by atoms with E-state index in [1.165, 1.54) is 0 Å². The summed E-state index contributed by atoms with van der Waals surface area (Å²) in [5.41, 5.74) is -0.961. The van der Waals surface area contributed by atoms with Crippen molar-refractivity contribution < 1.29 is 9.84 Å². The minimum Gasteiger partial charge on any atom is -0.493 e. The van der Waals surface area contributed by atoms with Gasteiger partial charge in [0.15, 0.2) is 0 Å². The predicted molar refractivity (Wildman–Crippen MR) is 81.0 cm³/mol. The summed E-state index contributed by atoms with van der Waals surface area (Å²) in [6.07, 6.45) is 3.36. The summed E-state index contributed by atoms with van der Waals surface area (Å²) in [5, 5.41) is 21.6. The third kappa shape index (κ3) is 1.97. The third-order valence-electron chi connectivity index (χ3n) is 5.58. The average molecular weight is 285 g/mol. The van der Waals surface area contributed by atoms with Crippen molar-refractivity contribution in [1.82, 2.24) is 0 Å². The Balaban J connectivity index is 2.16. The Bertz CT molecular complexity index is 579. The summed E-state index contributed by atoms with van der Waals surface area (Å²) in [6.45, 7) is 4.75. The normalized spacial score (nSPS) is 39.0. The molecule has 0 radical (unpaired) electrons. The molecule has 1 saturated carbocycles. The van der Waals surface area contributed by atoms with Gasteiger partial charge >= 0.3 is 0 Å². The number of benzene rings is 1. The lowest BCUT2D eigenvalue weighted by atomic mass is 9.55. The van der Waals surface area contributed by atoms with Crippen LogP contribution in [0.15, 0.2) is 24.3 Å². The highest BCUT2D eigenvalue weighted by molar-refractivity contribution is 5.48. The molecule has 3 nitrogen and oxygen atoms in total. The van der Waals surface area contributed by atoms with Crippen molar-refractivity contribution in [2.24, 2.45) is 11.8 Å². The third-order valence-corrected chi connectivity index (χ3v) is 5.58. The van der Waals surface area contributed by atoms with E-state index in [2.05, 4.69) is 19.9 Å². The molecule has 1 aliphatic heterocycles. The van der Waals surface area contributed by atoms with Gasteiger partial charge in [-0.1, -0.05) is 38.5 Å². The Morgan fingerprint density at radius 2 is 2.05 bits per heavy atom. The topological polar surface area (TPSA) is 53.2 Å². The Morgan fingerprint density at radius 3 is 2.81 bits per heavy atom. The number of hydrogen-bond donors (Lipinski definition) is 1. The van der Waals surface area contributed by atoms with Crippen molar-refractivity contribution >= 4 is 0 Å². The van der Waals surface area contributed by atoms with Crippen LogP contribution in [0.4, 0.5) is 0 Å². The number of fused-ring (bicyclic) bond motifs is 1. The number of nitriles is 1. The van der Waals surface area contributed by atoms with Gasteiger partial charge in [0, 0.05) is 12.0 Å². The molecule has 1 fully saturated rings. The molecule has 0 aromatic heterocycles. The molecule has 4 atom stereocenters. The first-order chi connectivity index (χ1) is 10.0. The van der Waals surface area contributed by atoms with Crippen molar-refractivity contribution in [3.63, 3.8) is 0 Å². The molecule has 0 amide bonds. The van der Waals surface area contributed by atoms with Gasteiger partial charge in [0.2, 0.25) is 0 Å². The van der Waals surface area contributed by atoms with E-state index in [0.29, 0.717) is 25.4 Å². The minimum atomic E-state index is -0.973. The van der Waals surface area contributed by atoms with Gasteiger partial charge in [0.05, 0.1) is 18.3 Å². The monoisotopic (exact) mass is 285 g/mol. The minimum absolute atomic E-state index is 0.125. The number of nitrogens with zero attached hydrogens (tertiary/aromatic N) is 1. The molecule has 112 valence electrons. The van der Waals surface area contributed by atoms with Gasteiger partial charge in [0.25, 0.3) is 0 Å². The zero-order valence-corrected chi connectivity index (χ0v) is 12.8. The highest BCUT2D eigenvalue weighted by Crippen LogP contribution is 2.53. The molecule has 0 spiro atoms. The van der Waals surface area contributed by atoms with E-state index in [9.17, 15) is 10.4 Å². The Hall–Kier alpha value is -1.53. The Kier molecular flexibility index (Phi) is 3.45. The second kappa shape index (κ2) is 5.03. The van der Waals surface area contributed by atoms with Crippen LogP contribution >= 0.6 is 0 Å². The van der Waals surface area contributed by atoms with Crippen LogP contribution in [0.5, 0.6) is 5.75 Å². The van der Waals surface area contributed by atoms with Crippen molar-refractivity contribution in [1.29, 1.82) is 5.26 Å². The molecule has 3 rings (SSSR count). The van der Waals surface area contributed by atoms with Crippen molar-refractivity contribution in [3.8, 4) is 11.8 Å². The van der Waals surface area contributed by atoms with Crippen LogP contribution in [0.2, 0.25) is 0 Å². The molecule has 21 heavy (non-hydrogen) atoms. The number of hydrogen-bond acceptors (Lipinski definition) is 3. The Labute approximate surface area is 126 Å². The Morgan fingerprint density at radius 1 is 1.29 bits per heavy atom. The summed E-state index contributed by atoms with van der Waals surface area (Å²) in [5.74, 6) is 1.33. The molecule has 1 aromatic carbocycles. The molecule has 1 heterocycles. The highest BCUT2D eigenvalue weighted by Gasteiger charge is 2.58. The van der Waals surface area contributed by atoms with Crippen LogP contribution < -0.4 is 4.74 Å². The summed E-state index contributed by atoms with van der Waals surface area (Å²) in [6, 6.07) is 10.2. The van der Waals surface area contributed by atoms with Crippen molar-refractivity contribution in [2.75, 3.05) is 6.61 Å². The van der Waals surface area contributed by atoms with Crippen LogP contribution in [0.25, 0.3) is 0 Å². The van der Waals surface area contributed by atoms with Crippen LogP contribution in [0.3, 0.4) is 0 Å². The number of ether oxygens (including phenoxy) is 1. The molecule has 1 aliphatic carbocycles. The van der Waals surface area contributed by atoms with Crippen LogP contribution in [-0.2, 0) is 5.41 Å². The fraction of sp³-hybridized carbons (Fsp3) is 0.611. The first kappa shape index (κ1) is 14.4. The fourth-order valence-electron chi connectivity index (χ4n) is 4.26. The lowest BCUT2D eigenvalue weighted by molar-refractivity contribution is -0.109. The van der Waals surface area contributed by atoms with Gasteiger partial charge in [-0.05, 0) is 30.7 Å². The van der Waals surface area contributed by atoms with E-state index in [1.54, 1.807) is 0 Å². The van der Waals surface area contributed by atoms with E-state index in [1.807, 2.05) is 24.3 Å². The zero-order valence-electron chi connectivity index (χ0n) is 12.8. The van der Waals surface area contributed by atoms with E-state index in [0.717, 1.165) is 24.2 Å². The lowest BCUT2D eigenvalue weighted by Gasteiger charge is -2.52. The average Bonchev–Trinajstić information content (AvgIpc) is 2.50. The second-order valence-corrected chi connectivity index (χ2v) is 6.82. The van der Waals surface area contributed by atoms with Gasteiger partial charge < -0.3 is 9.84 Å². The number of para-hydroxylation sites is 1. The quantitative estimate of drug-likeness (QED) is 0.860. The first-order valence-electron chi connectivity index (χ1n) is 7.89. The molecule has 1 aromatic rings. The standard InChI is InChI=1S/C18H23NO2/c1-13-7-8-14(2)18(20,11-13)17(12-19)9-10-21-16-6-4-3-5-15(16)17/h3-6,13-14,20H,7-11H2,1-2H3. The lowest BCUT2D eigenvalue weighted by Crippen LogP contribution is -2.59.